The lowest BCUT2D eigenvalue weighted by molar-refractivity contribution is -0.144. The smallest absolute Gasteiger partial charge is 0.312 e. The third-order valence-electron chi connectivity index (χ3n) is 4.94. The Morgan fingerprint density at radius 3 is 1.85 bits per heavy atom. The van der Waals surface area contributed by atoms with Crippen LogP contribution in [0.25, 0.3) is 0 Å². The number of anilines is 1. The van der Waals surface area contributed by atoms with Crippen LogP contribution in [-0.2, 0) is 25.7 Å². The summed E-state index contributed by atoms with van der Waals surface area (Å²) in [7, 11) is 0. The van der Waals surface area contributed by atoms with Crippen LogP contribution in [0.15, 0.2) is 24.3 Å². The van der Waals surface area contributed by atoms with Gasteiger partial charge in [0.05, 0.1) is 12.6 Å². The predicted octanol–water partition coefficient (Wildman–Crippen LogP) is 4.48. The van der Waals surface area contributed by atoms with Crippen molar-refractivity contribution in [3.8, 4) is 0 Å². The minimum atomic E-state index is -0.443. The zero-order valence-corrected chi connectivity index (χ0v) is 25.5. The summed E-state index contributed by atoms with van der Waals surface area (Å²) in [4.78, 5) is 45.6. The van der Waals surface area contributed by atoms with Gasteiger partial charge in [0.15, 0.2) is 0 Å². The van der Waals surface area contributed by atoms with Crippen LogP contribution in [0.4, 0.5) is 10.5 Å². The number of rotatable bonds is 12. The number of hydrogen-bond donors (Lipinski definition) is 5. The molecule has 0 radical (unpaired) electrons. The van der Waals surface area contributed by atoms with E-state index in [2.05, 4.69) is 35.1 Å². The molecule has 39 heavy (non-hydrogen) atoms. The maximum absolute atomic E-state index is 12.4. The number of hydrogen-bond acceptors (Lipinski definition) is 6. The van der Waals surface area contributed by atoms with Crippen LogP contribution in [0.1, 0.15) is 93.6 Å². The molecule has 1 aromatic carbocycles. The van der Waals surface area contributed by atoms with Crippen LogP contribution >= 0.6 is 0 Å². The maximum Gasteiger partial charge on any atom is 0.312 e. The van der Waals surface area contributed by atoms with Gasteiger partial charge in [-0.1, -0.05) is 66.5 Å². The molecule has 10 heteroatoms. The minimum absolute atomic E-state index is 0.0941. The first kappa shape index (κ1) is 38.0. The van der Waals surface area contributed by atoms with Crippen molar-refractivity contribution in [3.05, 3.63) is 29.8 Å². The summed E-state index contributed by atoms with van der Waals surface area (Å²) in [6.07, 6.45) is 3.91. The highest BCUT2D eigenvalue weighted by molar-refractivity contribution is 5.95. The lowest BCUT2D eigenvalue weighted by Gasteiger charge is -2.30. The number of nitrogens with one attached hydrogen (secondary N) is 4. The van der Waals surface area contributed by atoms with Crippen LogP contribution in [0, 0.1) is 5.92 Å². The second kappa shape index (κ2) is 21.8. The van der Waals surface area contributed by atoms with E-state index in [-0.39, 0.29) is 48.4 Å². The molecule has 1 rings (SSSR count). The second-order valence-corrected chi connectivity index (χ2v) is 10.4. The fourth-order valence-corrected chi connectivity index (χ4v) is 2.68. The third kappa shape index (κ3) is 22.5. The average Bonchev–Trinajstić information content (AvgIpc) is 2.88. The van der Waals surface area contributed by atoms with Crippen LogP contribution in [0.5, 0.6) is 0 Å². The number of carbonyl (C=O) groups excluding carboxylic acids is 4. The van der Waals surface area contributed by atoms with Gasteiger partial charge in [-0.05, 0) is 50.8 Å². The van der Waals surface area contributed by atoms with E-state index in [1.165, 1.54) is 12.8 Å². The normalized spacial score (nSPS) is 11.1. The Labute approximate surface area is 235 Å². The number of ether oxygens (including phenoxy) is 1. The Morgan fingerprint density at radius 2 is 1.46 bits per heavy atom. The highest BCUT2D eigenvalue weighted by atomic mass is 16.5. The molecule has 0 aliphatic rings. The fraction of sp³-hybridized carbons (Fsp3) is 0.655. The summed E-state index contributed by atoms with van der Waals surface area (Å²) in [5.74, 6) is -0.671. The van der Waals surface area contributed by atoms with E-state index in [0.717, 1.165) is 12.0 Å². The number of esters is 1. The van der Waals surface area contributed by atoms with Gasteiger partial charge in [0.25, 0.3) is 0 Å². The van der Waals surface area contributed by atoms with Crippen molar-refractivity contribution >= 4 is 29.5 Å². The van der Waals surface area contributed by atoms with Gasteiger partial charge in [-0.3, -0.25) is 14.4 Å². The van der Waals surface area contributed by atoms with Crippen LogP contribution < -0.4 is 27.0 Å². The van der Waals surface area contributed by atoms with Gasteiger partial charge in [0.1, 0.15) is 6.61 Å². The third-order valence-corrected chi connectivity index (χ3v) is 4.94. The molecule has 4 amide bonds. The van der Waals surface area contributed by atoms with Crippen LogP contribution in [0.3, 0.4) is 0 Å². The molecule has 0 spiro atoms. The van der Waals surface area contributed by atoms with E-state index < -0.39 is 6.03 Å². The lowest BCUT2D eigenvalue weighted by atomic mass is 9.99. The molecule has 1 aromatic rings. The van der Waals surface area contributed by atoms with E-state index in [9.17, 15) is 19.2 Å². The van der Waals surface area contributed by atoms with E-state index in [0.29, 0.717) is 18.7 Å². The molecule has 1 unspecified atom stereocenters. The van der Waals surface area contributed by atoms with Crippen molar-refractivity contribution in [3.63, 3.8) is 0 Å². The molecule has 0 aliphatic carbocycles. The average molecular weight is 552 g/mol. The molecule has 6 N–H and O–H groups in total. The molecule has 0 bridgehead atoms. The number of benzene rings is 1. The van der Waals surface area contributed by atoms with E-state index in [1.807, 2.05) is 41.5 Å². The fourth-order valence-electron chi connectivity index (χ4n) is 2.68. The topological polar surface area (TPSA) is 152 Å². The Bertz CT molecular complexity index is 833. The van der Waals surface area contributed by atoms with Crippen LogP contribution in [0.2, 0.25) is 0 Å². The number of primary amides is 1. The summed E-state index contributed by atoms with van der Waals surface area (Å²) in [5.41, 5.74) is 5.97. The molecule has 0 saturated heterocycles. The van der Waals surface area contributed by atoms with Gasteiger partial charge in [-0.2, -0.15) is 0 Å². The zero-order chi connectivity index (χ0) is 30.4. The number of amides is 4. The quantitative estimate of drug-likeness (QED) is 0.242. The number of urea groups is 1. The summed E-state index contributed by atoms with van der Waals surface area (Å²) in [6.45, 7) is 18.7. The second-order valence-electron chi connectivity index (χ2n) is 10.4. The molecule has 0 heterocycles. The van der Waals surface area contributed by atoms with Crippen molar-refractivity contribution in [1.29, 1.82) is 0 Å². The molecule has 1 atom stereocenters. The monoisotopic (exact) mass is 551 g/mol. The predicted molar refractivity (Wildman–Crippen MR) is 158 cm³/mol. The van der Waals surface area contributed by atoms with E-state index >= 15 is 0 Å². The van der Waals surface area contributed by atoms with Gasteiger partial charge < -0.3 is 31.7 Å². The molecular formula is C29H53N5O5. The molecule has 10 nitrogen and oxygen atoms in total. The SMILES string of the molecule is CCC(=O)OCc1ccc(NC(=O)CNC(=O)C(NC(C)(C)C)C(C)C)cc1.CCCC.CCCNC(N)=O. The lowest BCUT2D eigenvalue weighted by Crippen LogP contribution is -2.54. The van der Waals surface area contributed by atoms with Crippen molar-refractivity contribution in [2.24, 2.45) is 11.7 Å². The Morgan fingerprint density at radius 1 is 0.897 bits per heavy atom. The summed E-state index contributed by atoms with van der Waals surface area (Å²) < 4.78 is 5.06. The number of nitrogens with two attached hydrogens (primary N) is 1. The van der Waals surface area contributed by atoms with Gasteiger partial charge in [0, 0.05) is 24.2 Å². The molecule has 0 aromatic heterocycles. The molecular weight excluding hydrogens is 498 g/mol. The van der Waals surface area contributed by atoms with E-state index in [4.69, 9.17) is 10.5 Å². The number of carbonyl (C=O) groups is 4. The summed E-state index contributed by atoms with van der Waals surface area (Å²) >= 11 is 0. The van der Waals surface area contributed by atoms with Crippen LogP contribution in [-0.4, -0.2) is 48.5 Å². The highest BCUT2D eigenvalue weighted by Crippen LogP contribution is 2.11. The summed E-state index contributed by atoms with van der Waals surface area (Å²) in [6, 6.07) is 6.19. The van der Waals surface area contributed by atoms with Crippen molar-refractivity contribution in [1.82, 2.24) is 16.0 Å². The molecule has 224 valence electrons. The maximum atomic E-state index is 12.4. The Hall–Kier alpha value is -3.14. The standard InChI is InChI=1S/C21H33N3O4.C4H10N2O.C4H10/c1-7-18(26)28-13-15-8-10-16(11-9-15)23-17(25)12-22-20(27)19(14(2)3)24-21(4,5)6;1-2-3-6-4(5)7;1-3-4-2/h8-11,14,19,24H,7,12-13H2,1-6H3,(H,22,27)(H,23,25);2-3H2,1H3,(H3,5,6,7);3-4H2,1-2H3. The number of unbranched alkanes of at least 4 members (excludes halogenated alkanes) is 1. The Balaban J connectivity index is 0. The van der Waals surface area contributed by atoms with Crippen molar-refractivity contribution < 1.29 is 23.9 Å². The molecule has 0 saturated carbocycles. The van der Waals surface area contributed by atoms with E-state index in [1.54, 1.807) is 31.2 Å². The molecule has 0 aliphatic heterocycles. The first-order valence-electron chi connectivity index (χ1n) is 13.8. The Kier molecular flexibility index (Phi) is 21.2. The summed E-state index contributed by atoms with van der Waals surface area (Å²) in [5, 5.41) is 11.1. The van der Waals surface area contributed by atoms with Gasteiger partial charge in [-0.25, -0.2) is 4.79 Å². The first-order valence-corrected chi connectivity index (χ1v) is 13.8. The highest BCUT2D eigenvalue weighted by Gasteiger charge is 2.26. The minimum Gasteiger partial charge on any atom is -0.461 e. The van der Waals surface area contributed by atoms with Crippen molar-refractivity contribution in [2.75, 3.05) is 18.4 Å². The largest absolute Gasteiger partial charge is 0.461 e. The van der Waals surface area contributed by atoms with Gasteiger partial charge in [-0.15, -0.1) is 0 Å². The van der Waals surface area contributed by atoms with Crippen molar-refractivity contribution in [2.45, 2.75) is 106 Å². The van der Waals surface area contributed by atoms with Gasteiger partial charge >= 0.3 is 12.0 Å². The molecule has 0 fully saturated rings. The van der Waals surface area contributed by atoms with Gasteiger partial charge in [0.2, 0.25) is 11.8 Å². The first-order chi connectivity index (χ1) is 18.2. The zero-order valence-electron chi connectivity index (χ0n) is 25.5.